The van der Waals surface area contributed by atoms with Crippen LogP contribution in [0.25, 0.3) is 5.78 Å². The molecule has 0 spiro atoms. The summed E-state index contributed by atoms with van der Waals surface area (Å²) in [5.74, 6) is 0.183. The van der Waals surface area contributed by atoms with E-state index in [-0.39, 0.29) is 12.3 Å². The van der Waals surface area contributed by atoms with Gasteiger partial charge in [0.25, 0.3) is 5.78 Å². The molecule has 1 aliphatic carbocycles. The van der Waals surface area contributed by atoms with Crippen LogP contribution in [0.1, 0.15) is 43.1 Å². The number of hydrogen-bond acceptors (Lipinski definition) is 5. The maximum atomic E-state index is 13.0. The van der Waals surface area contributed by atoms with Crippen LogP contribution in [0, 0.1) is 19.8 Å². The van der Waals surface area contributed by atoms with Gasteiger partial charge in [0.15, 0.2) is 0 Å². The highest BCUT2D eigenvalue weighted by molar-refractivity contribution is 7.98. The van der Waals surface area contributed by atoms with Crippen LogP contribution in [0.3, 0.4) is 0 Å². The minimum absolute atomic E-state index is 0.00604. The van der Waals surface area contributed by atoms with E-state index < -0.39 is 24.7 Å². The van der Waals surface area contributed by atoms with E-state index in [4.69, 9.17) is 0 Å². The lowest BCUT2D eigenvalue weighted by atomic mass is 10.0. The molecule has 1 fully saturated rings. The number of thioether (sulfide) groups is 1. The van der Waals surface area contributed by atoms with Gasteiger partial charge in [-0.05, 0) is 57.8 Å². The van der Waals surface area contributed by atoms with Crippen LogP contribution in [-0.4, -0.2) is 55.4 Å². The molecular weight excluding hydrogens is 391 g/mol. The van der Waals surface area contributed by atoms with Crippen molar-refractivity contribution in [2.75, 3.05) is 12.8 Å². The Kier molecular flexibility index (Phi) is 5.88. The van der Waals surface area contributed by atoms with Crippen molar-refractivity contribution in [3.63, 3.8) is 0 Å². The molecule has 0 bridgehead atoms. The van der Waals surface area contributed by atoms with Crippen molar-refractivity contribution < 1.29 is 18.0 Å². The van der Waals surface area contributed by atoms with Crippen molar-refractivity contribution in [3.05, 3.63) is 17.0 Å². The van der Waals surface area contributed by atoms with Crippen molar-refractivity contribution in [1.29, 1.82) is 0 Å². The molecule has 1 saturated carbocycles. The van der Waals surface area contributed by atoms with Crippen molar-refractivity contribution in [1.82, 2.24) is 24.5 Å². The summed E-state index contributed by atoms with van der Waals surface area (Å²) in [5, 5.41) is 4.96. The second-order valence-electron chi connectivity index (χ2n) is 7.29. The van der Waals surface area contributed by atoms with Gasteiger partial charge in [-0.15, -0.1) is 5.10 Å². The third kappa shape index (κ3) is 4.59. The van der Waals surface area contributed by atoms with E-state index >= 15 is 0 Å². The zero-order chi connectivity index (χ0) is 20.6. The molecule has 1 aliphatic rings. The molecule has 1 atom stereocenters. The van der Waals surface area contributed by atoms with E-state index in [0.29, 0.717) is 17.4 Å². The Hall–Kier alpha value is -1.84. The molecule has 2 aromatic heterocycles. The van der Waals surface area contributed by atoms with E-state index in [1.807, 2.05) is 20.1 Å². The van der Waals surface area contributed by atoms with Crippen LogP contribution in [-0.2, 0) is 11.2 Å². The van der Waals surface area contributed by atoms with E-state index in [9.17, 15) is 18.0 Å². The Morgan fingerprint density at radius 1 is 1.32 bits per heavy atom. The van der Waals surface area contributed by atoms with Crippen LogP contribution >= 0.6 is 11.8 Å². The fraction of sp³-hybridized carbons (Fsp3) is 0.667. The van der Waals surface area contributed by atoms with E-state index in [2.05, 4.69) is 15.1 Å². The molecule has 2 heterocycles. The predicted molar refractivity (Wildman–Crippen MR) is 100 cm³/mol. The predicted octanol–water partition coefficient (Wildman–Crippen LogP) is 3.59. The Balaban J connectivity index is 1.78. The molecule has 10 heteroatoms. The Morgan fingerprint density at radius 2 is 2.00 bits per heavy atom. The third-order valence-corrected chi connectivity index (χ3v) is 5.80. The second-order valence-corrected chi connectivity index (χ2v) is 8.06. The average molecular weight is 415 g/mol. The molecule has 0 radical (unpaired) electrons. The molecule has 0 N–H and O–H groups in total. The first-order valence-electron chi connectivity index (χ1n) is 9.23. The standard InChI is InChI=1S/C18H24F3N5OS/c1-10-14(12(3)26-16(22-10)23-17(24-26)28-4)7-8-15(27)25(9-18(19,20)21)11(2)13-5-6-13/h11,13H,5-9H2,1-4H3/t11-/m1/s1. The number of halogens is 3. The molecule has 2 aromatic rings. The highest BCUT2D eigenvalue weighted by Crippen LogP contribution is 2.36. The maximum Gasteiger partial charge on any atom is 0.406 e. The minimum atomic E-state index is -4.40. The lowest BCUT2D eigenvalue weighted by molar-refractivity contribution is -0.166. The quantitative estimate of drug-likeness (QED) is 0.647. The molecule has 154 valence electrons. The number of nitrogens with zero attached hydrogens (tertiary/aromatic N) is 5. The molecule has 6 nitrogen and oxygen atoms in total. The van der Waals surface area contributed by atoms with Crippen molar-refractivity contribution in [2.24, 2.45) is 5.92 Å². The van der Waals surface area contributed by atoms with Crippen molar-refractivity contribution in [3.8, 4) is 0 Å². The largest absolute Gasteiger partial charge is 0.406 e. The normalized spacial score (nSPS) is 15.8. The van der Waals surface area contributed by atoms with E-state index in [1.165, 1.54) is 11.8 Å². The number of carbonyl (C=O) groups excluding carboxylic acids is 1. The minimum Gasteiger partial charge on any atom is -0.331 e. The van der Waals surface area contributed by atoms with Gasteiger partial charge in [-0.1, -0.05) is 11.8 Å². The summed E-state index contributed by atoms with van der Waals surface area (Å²) in [5.41, 5.74) is 2.35. The highest BCUT2D eigenvalue weighted by Gasteiger charge is 2.40. The maximum absolute atomic E-state index is 13.0. The number of rotatable bonds is 7. The van der Waals surface area contributed by atoms with Crippen LogP contribution in [0.5, 0.6) is 0 Å². The summed E-state index contributed by atoms with van der Waals surface area (Å²) in [6.07, 6.45) is -0.448. The summed E-state index contributed by atoms with van der Waals surface area (Å²) in [6, 6.07) is -0.392. The zero-order valence-corrected chi connectivity index (χ0v) is 17.2. The van der Waals surface area contributed by atoms with Crippen molar-refractivity contribution >= 4 is 23.4 Å². The molecule has 28 heavy (non-hydrogen) atoms. The fourth-order valence-corrected chi connectivity index (χ4v) is 3.84. The number of alkyl halides is 3. The van der Waals surface area contributed by atoms with Crippen LogP contribution in [0.15, 0.2) is 5.16 Å². The lowest BCUT2D eigenvalue weighted by Crippen LogP contribution is -2.45. The zero-order valence-electron chi connectivity index (χ0n) is 16.4. The Labute approximate surface area is 165 Å². The van der Waals surface area contributed by atoms with Gasteiger partial charge in [0.1, 0.15) is 6.54 Å². The van der Waals surface area contributed by atoms with Gasteiger partial charge in [-0.2, -0.15) is 18.2 Å². The van der Waals surface area contributed by atoms with Gasteiger partial charge < -0.3 is 4.90 Å². The van der Waals surface area contributed by atoms with Gasteiger partial charge in [-0.25, -0.2) is 9.50 Å². The number of fused-ring (bicyclic) bond motifs is 1. The van der Waals surface area contributed by atoms with E-state index in [1.54, 1.807) is 11.4 Å². The third-order valence-electron chi connectivity index (χ3n) is 5.27. The monoisotopic (exact) mass is 415 g/mol. The van der Waals surface area contributed by atoms with Crippen LogP contribution < -0.4 is 0 Å². The molecule has 0 aliphatic heterocycles. The molecule has 0 saturated heterocycles. The number of aromatic nitrogens is 4. The van der Waals surface area contributed by atoms with Gasteiger partial charge in [0, 0.05) is 23.9 Å². The first kappa shape index (κ1) is 20.9. The molecule has 3 rings (SSSR count). The smallest absolute Gasteiger partial charge is 0.331 e. The topological polar surface area (TPSA) is 63.4 Å². The number of carbonyl (C=O) groups is 1. The summed E-state index contributed by atoms with van der Waals surface area (Å²) in [7, 11) is 0. The lowest BCUT2D eigenvalue weighted by Gasteiger charge is -2.30. The molecule has 1 amide bonds. The fourth-order valence-electron chi connectivity index (χ4n) is 3.50. The molecule has 0 aromatic carbocycles. The highest BCUT2D eigenvalue weighted by atomic mass is 32.2. The van der Waals surface area contributed by atoms with E-state index in [0.717, 1.165) is 34.7 Å². The van der Waals surface area contributed by atoms with Gasteiger partial charge in [-0.3, -0.25) is 4.79 Å². The Bertz CT molecular complexity index is 878. The summed E-state index contributed by atoms with van der Waals surface area (Å²) in [6.45, 7) is 4.20. The van der Waals surface area contributed by atoms with Gasteiger partial charge in [0.05, 0.1) is 0 Å². The first-order valence-corrected chi connectivity index (χ1v) is 10.5. The summed E-state index contributed by atoms with van der Waals surface area (Å²) in [4.78, 5) is 22.4. The molecular formula is C18H24F3N5OS. The Morgan fingerprint density at radius 3 is 2.57 bits per heavy atom. The van der Waals surface area contributed by atoms with Gasteiger partial charge >= 0.3 is 6.18 Å². The first-order chi connectivity index (χ1) is 13.1. The number of amides is 1. The second kappa shape index (κ2) is 7.88. The number of aryl methyl sites for hydroxylation is 2. The summed E-state index contributed by atoms with van der Waals surface area (Å²) < 4.78 is 40.6. The SMILES string of the molecule is CSc1nc2nc(C)c(CCC(=O)N(CC(F)(F)F)[C@H](C)C3CC3)c(C)n2n1. The summed E-state index contributed by atoms with van der Waals surface area (Å²) >= 11 is 1.40. The average Bonchev–Trinajstić information content (AvgIpc) is 3.38. The van der Waals surface area contributed by atoms with Gasteiger partial charge in [0.2, 0.25) is 11.1 Å². The molecule has 0 unspecified atom stereocenters. The number of hydrogen-bond donors (Lipinski definition) is 0. The van der Waals surface area contributed by atoms with Crippen molar-refractivity contribution in [2.45, 2.75) is 63.8 Å². The van der Waals surface area contributed by atoms with Crippen LogP contribution in [0.2, 0.25) is 0 Å². The van der Waals surface area contributed by atoms with Crippen LogP contribution in [0.4, 0.5) is 13.2 Å².